The highest BCUT2D eigenvalue weighted by atomic mass is 35.5. The van der Waals surface area contributed by atoms with Gasteiger partial charge in [0.15, 0.2) is 0 Å². The van der Waals surface area contributed by atoms with Crippen LogP contribution >= 0.6 is 11.6 Å². The van der Waals surface area contributed by atoms with E-state index in [4.69, 9.17) is 17.3 Å². The zero-order valence-corrected chi connectivity index (χ0v) is 11.9. The second kappa shape index (κ2) is 5.46. The largest absolute Gasteiger partial charge is 0.330 e. The molecule has 0 spiro atoms. The lowest BCUT2D eigenvalue weighted by atomic mass is 9.69. The Morgan fingerprint density at radius 2 is 1.94 bits per heavy atom. The van der Waals surface area contributed by atoms with E-state index in [-0.39, 0.29) is 5.41 Å². The lowest BCUT2D eigenvalue weighted by Gasteiger charge is -2.37. The summed E-state index contributed by atoms with van der Waals surface area (Å²) in [6.07, 6.45) is 6.23. The number of halogens is 1. The first kappa shape index (κ1) is 13.6. The van der Waals surface area contributed by atoms with E-state index in [1.165, 1.54) is 37.7 Å². The molecule has 18 heavy (non-hydrogen) atoms. The zero-order chi connectivity index (χ0) is 13.2. The summed E-state index contributed by atoms with van der Waals surface area (Å²) in [5, 5.41) is 0.795. The molecule has 1 aromatic rings. The van der Waals surface area contributed by atoms with E-state index in [1.807, 2.05) is 13.0 Å². The van der Waals surface area contributed by atoms with E-state index >= 15 is 0 Å². The van der Waals surface area contributed by atoms with Crippen molar-refractivity contribution in [3.05, 3.63) is 40.9 Å². The van der Waals surface area contributed by atoms with Gasteiger partial charge in [-0.1, -0.05) is 49.1 Å². The van der Waals surface area contributed by atoms with Gasteiger partial charge < -0.3 is 5.73 Å². The van der Waals surface area contributed by atoms with Crippen molar-refractivity contribution in [1.29, 1.82) is 0 Å². The Hall–Kier alpha value is -0.790. The minimum Gasteiger partial charge on any atom is -0.330 e. The molecule has 0 unspecified atom stereocenters. The minimum absolute atomic E-state index is 0.132. The Morgan fingerprint density at radius 3 is 2.50 bits per heavy atom. The van der Waals surface area contributed by atoms with E-state index in [0.29, 0.717) is 6.54 Å². The molecule has 0 saturated heterocycles. The topological polar surface area (TPSA) is 26.0 Å². The van der Waals surface area contributed by atoms with Gasteiger partial charge in [0.2, 0.25) is 0 Å². The summed E-state index contributed by atoms with van der Waals surface area (Å²) >= 11 is 6.25. The summed E-state index contributed by atoms with van der Waals surface area (Å²) in [6.45, 7) is 6.74. The lowest BCUT2D eigenvalue weighted by Crippen LogP contribution is -2.37. The number of nitrogens with two attached hydrogens (primary N) is 1. The molecule has 2 heteroatoms. The Balaban J connectivity index is 2.44. The third kappa shape index (κ3) is 2.62. The molecule has 0 radical (unpaired) electrons. The predicted molar refractivity (Wildman–Crippen MR) is 80.0 cm³/mol. The molecule has 1 fully saturated rings. The molecule has 0 aliphatic heterocycles. The predicted octanol–water partition coefficient (Wildman–Crippen LogP) is 4.53. The van der Waals surface area contributed by atoms with Crippen molar-refractivity contribution in [2.45, 2.75) is 44.4 Å². The normalized spacial score (nSPS) is 18.6. The van der Waals surface area contributed by atoms with E-state index in [2.05, 4.69) is 18.7 Å². The highest BCUT2D eigenvalue weighted by Gasteiger charge is 2.32. The molecule has 1 aromatic carbocycles. The molecular weight excluding hydrogens is 242 g/mol. The van der Waals surface area contributed by atoms with Crippen molar-refractivity contribution in [2.75, 3.05) is 6.54 Å². The van der Waals surface area contributed by atoms with Crippen LogP contribution in [0.1, 0.15) is 50.2 Å². The fourth-order valence-electron chi connectivity index (χ4n) is 2.98. The van der Waals surface area contributed by atoms with Crippen LogP contribution in [0.3, 0.4) is 0 Å². The molecule has 0 amide bonds. The van der Waals surface area contributed by atoms with Gasteiger partial charge in [-0.15, -0.1) is 0 Å². The van der Waals surface area contributed by atoms with Gasteiger partial charge in [0.1, 0.15) is 0 Å². The van der Waals surface area contributed by atoms with Crippen LogP contribution in [-0.2, 0) is 5.41 Å². The van der Waals surface area contributed by atoms with Gasteiger partial charge in [0.25, 0.3) is 0 Å². The summed E-state index contributed by atoms with van der Waals surface area (Å²) in [7, 11) is 0. The standard InChI is InChI=1S/C16H22ClN/c1-12(2)13-8-14(10-15(17)9-13)16(11-18)6-4-3-5-7-16/h8-10H,1,3-7,11,18H2,2H3. The van der Waals surface area contributed by atoms with Crippen molar-refractivity contribution in [1.82, 2.24) is 0 Å². The number of benzene rings is 1. The average molecular weight is 264 g/mol. The number of hydrogen-bond donors (Lipinski definition) is 1. The molecular formula is C16H22ClN. The zero-order valence-electron chi connectivity index (χ0n) is 11.1. The monoisotopic (exact) mass is 263 g/mol. The quantitative estimate of drug-likeness (QED) is 0.852. The second-order valence-corrected chi connectivity index (χ2v) is 5.99. The molecule has 98 valence electrons. The van der Waals surface area contributed by atoms with Crippen LogP contribution in [0.25, 0.3) is 5.57 Å². The third-order valence-corrected chi connectivity index (χ3v) is 4.42. The van der Waals surface area contributed by atoms with Crippen LogP contribution in [0, 0.1) is 0 Å². The number of allylic oxidation sites excluding steroid dienone is 1. The minimum atomic E-state index is 0.132. The van der Waals surface area contributed by atoms with E-state index in [0.717, 1.165) is 16.2 Å². The van der Waals surface area contributed by atoms with Crippen LogP contribution in [-0.4, -0.2) is 6.54 Å². The van der Waals surface area contributed by atoms with Gasteiger partial charge in [0.05, 0.1) is 0 Å². The first-order chi connectivity index (χ1) is 8.57. The summed E-state index contributed by atoms with van der Waals surface area (Å²) in [5.41, 5.74) is 9.71. The Labute approximate surface area is 115 Å². The first-order valence-corrected chi connectivity index (χ1v) is 7.12. The van der Waals surface area contributed by atoms with Gasteiger partial charge in [-0.2, -0.15) is 0 Å². The van der Waals surface area contributed by atoms with E-state index < -0.39 is 0 Å². The molecule has 1 saturated carbocycles. The van der Waals surface area contributed by atoms with E-state index in [9.17, 15) is 0 Å². The van der Waals surface area contributed by atoms with Crippen LogP contribution in [0.4, 0.5) is 0 Å². The highest BCUT2D eigenvalue weighted by Crippen LogP contribution is 2.40. The molecule has 0 aromatic heterocycles. The van der Waals surface area contributed by atoms with Gasteiger partial charge >= 0.3 is 0 Å². The molecule has 2 N–H and O–H groups in total. The maximum Gasteiger partial charge on any atom is 0.0415 e. The molecule has 0 atom stereocenters. The number of hydrogen-bond acceptors (Lipinski definition) is 1. The molecule has 1 aliphatic carbocycles. The van der Waals surface area contributed by atoms with Crippen molar-refractivity contribution in [3.8, 4) is 0 Å². The van der Waals surface area contributed by atoms with Gasteiger partial charge in [0, 0.05) is 17.0 Å². The maximum atomic E-state index is 6.25. The van der Waals surface area contributed by atoms with E-state index in [1.54, 1.807) is 0 Å². The van der Waals surface area contributed by atoms with Gasteiger partial charge in [-0.05, 0) is 43.0 Å². The SMILES string of the molecule is C=C(C)c1cc(Cl)cc(C2(CN)CCCCC2)c1. The number of rotatable bonds is 3. The lowest BCUT2D eigenvalue weighted by molar-refractivity contribution is 0.301. The summed E-state index contributed by atoms with van der Waals surface area (Å²) in [6, 6.07) is 6.30. The Kier molecular flexibility index (Phi) is 4.14. The van der Waals surface area contributed by atoms with Crippen LogP contribution in [0.2, 0.25) is 5.02 Å². The highest BCUT2D eigenvalue weighted by molar-refractivity contribution is 6.30. The molecule has 1 nitrogen and oxygen atoms in total. The Bertz CT molecular complexity index is 444. The smallest absolute Gasteiger partial charge is 0.0415 e. The fourth-order valence-corrected chi connectivity index (χ4v) is 3.22. The Morgan fingerprint density at radius 1 is 1.28 bits per heavy atom. The first-order valence-electron chi connectivity index (χ1n) is 6.74. The fraction of sp³-hybridized carbons (Fsp3) is 0.500. The van der Waals surface area contributed by atoms with Crippen molar-refractivity contribution in [2.24, 2.45) is 5.73 Å². The average Bonchev–Trinajstić information content (AvgIpc) is 2.38. The summed E-state index contributed by atoms with van der Waals surface area (Å²) in [4.78, 5) is 0. The van der Waals surface area contributed by atoms with Crippen LogP contribution in [0.5, 0.6) is 0 Å². The van der Waals surface area contributed by atoms with Crippen molar-refractivity contribution >= 4 is 17.2 Å². The van der Waals surface area contributed by atoms with Crippen molar-refractivity contribution < 1.29 is 0 Å². The molecule has 1 aliphatic rings. The van der Waals surface area contributed by atoms with Gasteiger partial charge in [-0.3, -0.25) is 0 Å². The summed E-state index contributed by atoms with van der Waals surface area (Å²) < 4.78 is 0. The van der Waals surface area contributed by atoms with Crippen LogP contribution in [0.15, 0.2) is 24.8 Å². The second-order valence-electron chi connectivity index (χ2n) is 5.55. The molecule has 0 heterocycles. The molecule has 2 rings (SSSR count). The van der Waals surface area contributed by atoms with Crippen molar-refractivity contribution in [3.63, 3.8) is 0 Å². The van der Waals surface area contributed by atoms with Crippen LogP contribution < -0.4 is 5.73 Å². The third-order valence-electron chi connectivity index (χ3n) is 4.20. The maximum absolute atomic E-state index is 6.25. The molecule has 0 bridgehead atoms. The summed E-state index contributed by atoms with van der Waals surface area (Å²) in [5.74, 6) is 0. The van der Waals surface area contributed by atoms with Gasteiger partial charge in [-0.25, -0.2) is 0 Å².